The zero-order chi connectivity index (χ0) is 29.5. The largest absolute Gasteiger partial charge is 0.494 e. The van der Waals surface area contributed by atoms with Crippen LogP contribution < -0.4 is 19.1 Å². The van der Waals surface area contributed by atoms with Crippen molar-refractivity contribution in [2.24, 2.45) is 0 Å². The van der Waals surface area contributed by atoms with E-state index in [2.05, 4.69) is 37.5 Å². The lowest BCUT2D eigenvalue weighted by atomic mass is 9.84. The first-order valence-electron chi connectivity index (χ1n) is 15.1. The molecule has 1 aliphatic carbocycles. The van der Waals surface area contributed by atoms with Crippen LogP contribution in [-0.2, 0) is 11.0 Å². The number of hydrogen-bond acceptors (Lipinski definition) is 7. The molecule has 1 N–H and O–H groups in total. The van der Waals surface area contributed by atoms with Crippen LogP contribution >= 0.6 is 0 Å². The number of carbonyl (C=O) groups excluding carboxylic acids is 1. The lowest BCUT2D eigenvalue weighted by molar-refractivity contribution is 0.0943. The quantitative estimate of drug-likeness (QED) is 0.386. The van der Waals surface area contributed by atoms with Gasteiger partial charge in [0.15, 0.2) is 17.3 Å². The summed E-state index contributed by atoms with van der Waals surface area (Å²) in [6.07, 6.45) is 1.83. The number of methoxy groups -OCH3 is 1. The van der Waals surface area contributed by atoms with Crippen LogP contribution in [0.5, 0.6) is 17.2 Å². The van der Waals surface area contributed by atoms with Crippen LogP contribution in [0, 0.1) is 5.41 Å². The summed E-state index contributed by atoms with van der Waals surface area (Å²) in [4.78, 5) is 20.9. The highest BCUT2D eigenvalue weighted by atomic mass is 16.5. The van der Waals surface area contributed by atoms with Crippen molar-refractivity contribution >= 4 is 17.3 Å². The molecule has 1 saturated carbocycles. The molecule has 0 radical (unpaired) electrons. The van der Waals surface area contributed by atoms with Gasteiger partial charge in [-0.05, 0) is 68.5 Å². The Labute approximate surface area is 245 Å². The van der Waals surface area contributed by atoms with Crippen molar-refractivity contribution in [3.05, 3.63) is 46.5 Å². The molecule has 8 heteroatoms. The molecule has 2 aliphatic heterocycles. The number of anilines is 1. The fraction of sp³-hybridized carbons (Fsp3) is 0.576. The first kappa shape index (κ1) is 29.2. The number of ketones is 1. The number of carbonyl (C=O) groups is 1. The number of piperazine rings is 1. The summed E-state index contributed by atoms with van der Waals surface area (Å²) in [5.74, 6) is 2.62. The Morgan fingerprint density at radius 2 is 1.59 bits per heavy atom. The second-order valence-electron chi connectivity index (χ2n) is 12.3. The number of likely N-dealkylation sites (N-methyl/N-ethyl adjacent to an activating group) is 1. The van der Waals surface area contributed by atoms with Crippen LogP contribution in [0.15, 0.2) is 24.3 Å². The Bertz CT molecular complexity index is 1320. The monoisotopic (exact) mass is 562 g/mol. The van der Waals surface area contributed by atoms with Crippen LogP contribution in [0.1, 0.15) is 81.4 Å². The van der Waals surface area contributed by atoms with Gasteiger partial charge in [0.1, 0.15) is 11.6 Å². The molecule has 0 amide bonds. The van der Waals surface area contributed by atoms with Gasteiger partial charge in [0.25, 0.3) is 0 Å². The fourth-order valence-corrected chi connectivity index (χ4v) is 6.39. The van der Waals surface area contributed by atoms with Crippen molar-refractivity contribution in [1.29, 1.82) is 5.41 Å². The number of Topliss-reactive ketones (excluding diaryl/α,β-unsaturated/α-hetero) is 1. The second-order valence-corrected chi connectivity index (χ2v) is 12.3. The van der Waals surface area contributed by atoms with Gasteiger partial charge >= 0.3 is 0 Å². The van der Waals surface area contributed by atoms with E-state index in [1.807, 2.05) is 43.0 Å². The summed E-state index contributed by atoms with van der Waals surface area (Å²) in [5.41, 5.74) is 4.07. The third kappa shape index (κ3) is 5.27. The summed E-state index contributed by atoms with van der Waals surface area (Å²) >= 11 is 0. The van der Waals surface area contributed by atoms with Gasteiger partial charge in [-0.1, -0.05) is 27.7 Å². The molecule has 0 bridgehead atoms. The standard InChI is InChI=1S/C33H46N4O4/c1-8-35-13-15-36(16-14-35)26-18-22(17-25(30(26)39-7)32(4,5)6)27(38)21-37-31(34)23-19-28(40-9-2)29(41-10-3)20-24(23)33(37)11-12-33/h17-20,34H,8-16,21H2,1-7H3. The molecule has 2 fully saturated rings. The SMILES string of the molecule is CCOc1cc2c(cc1OCC)C1(CC1)N(CC(=O)c1cc(N3CCN(CC)CC3)c(OC)c(C(C)(C)C)c1)C2=N. The van der Waals surface area contributed by atoms with Crippen LogP contribution in [0.25, 0.3) is 0 Å². The fourth-order valence-electron chi connectivity index (χ4n) is 6.39. The molecular weight excluding hydrogens is 516 g/mol. The van der Waals surface area contributed by atoms with Crippen LogP contribution in [-0.4, -0.2) is 81.0 Å². The highest BCUT2D eigenvalue weighted by Crippen LogP contribution is 2.58. The summed E-state index contributed by atoms with van der Waals surface area (Å²) in [6, 6.07) is 8.00. The van der Waals surface area contributed by atoms with Crippen LogP contribution in [0.4, 0.5) is 5.69 Å². The normalized spacial score (nSPS) is 18.1. The first-order valence-corrected chi connectivity index (χ1v) is 15.1. The minimum absolute atomic E-state index is 0.0190. The van der Waals surface area contributed by atoms with Crippen molar-refractivity contribution in [3.63, 3.8) is 0 Å². The van der Waals surface area contributed by atoms with Crippen molar-refractivity contribution in [3.8, 4) is 17.2 Å². The second kappa shape index (κ2) is 11.2. The molecule has 2 heterocycles. The highest BCUT2D eigenvalue weighted by Gasteiger charge is 2.57. The number of nitrogens with zero attached hydrogens (tertiary/aromatic N) is 3. The Morgan fingerprint density at radius 3 is 2.12 bits per heavy atom. The molecule has 222 valence electrons. The average molecular weight is 563 g/mol. The summed E-state index contributed by atoms with van der Waals surface area (Å²) < 4.78 is 17.8. The maximum atomic E-state index is 14.1. The maximum Gasteiger partial charge on any atom is 0.182 e. The molecule has 41 heavy (non-hydrogen) atoms. The van der Waals surface area contributed by atoms with Gasteiger partial charge in [0.2, 0.25) is 0 Å². The molecule has 2 aromatic carbocycles. The number of ether oxygens (including phenoxy) is 3. The molecule has 8 nitrogen and oxygen atoms in total. The van der Waals surface area contributed by atoms with E-state index >= 15 is 0 Å². The van der Waals surface area contributed by atoms with E-state index in [1.165, 1.54) is 0 Å². The van der Waals surface area contributed by atoms with Gasteiger partial charge in [0.05, 0.1) is 38.1 Å². The minimum Gasteiger partial charge on any atom is -0.494 e. The zero-order valence-corrected chi connectivity index (χ0v) is 25.9. The lowest BCUT2D eigenvalue weighted by Gasteiger charge is -2.37. The molecule has 5 rings (SSSR count). The number of fused-ring (bicyclic) bond motifs is 2. The van der Waals surface area contributed by atoms with E-state index in [4.69, 9.17) is 19.6 Å². The molecule has 2 aromatic rings. The topological polar surface area (TPSA) is 78.3 Å². The average Bonchev–Trinajstić information content (AvgIpc) is 3.73. The van der Waals surface area contributed by atoms with Gasteiger partial charge in [-0.15, -0.1) is 0 Å². The van der Waals surface area contributed by atoms with E-state index in [9.17, 15) is 4.79 Å². The highest BCUT2D eigenvalue weighted by molar-refractivity contribution is 6.07. The predicted octanol–water partition coefficient (Wildman–Crippen LogP) is 5.44. The predicted molar refractivity (Wildman–Crippen MR) is 164 cm³/mol. The Morgan fingerprint density at radius 1 is 0.951 bits per heavy atom. The molecular formula is C33H46N4O4. The van der Waals surface area contributed by atoms with E-state index in [-0.39, 0.29) is 23.3 Å². The van der Waals surface area contributed by atoms with Gasteiger partial charge < -0.3 is 28.9 Å². The Kier molecular flexibility index (Phi) is 7.99. The van der Waals surface area contributed by atoms with Crippen LogP contribution in [0.2, 0.25) is 0 Å². The van der Waals surface area contributed by atoms with Crippen molar-refractivity contribution < 1.29 is 19.0 Å². The molecule has 0 aromatic heterocycles. The first-order chi connectivity index (χ1) is 19.6. The van der Waals surface area contributed by atoms with Crippen molar-refractivity contribution in [2.45, 2.75) is 65.3 Å². The molecule has 1 spiro atoms. The Hall–Kier alpha value is -3.26. The van der Waals surface area contributed by atoms with Gasteiger partial charge in [-0.2, -0.15) is 0 Å². The van der Waals surface area contributed by atoms with E-state index in [0.717, 1.165) is 73.7 Å². The Balaban J connectivity index is 1.49. The summed E-state index contributed by atoms with van der Waals surface area (Å²) in [6.45, 7) is 18.6. The van der Waals surface area contributed by atoms with Crippen LogP contribution in [0.3, 0.4) is 0 Å². The third-order valence-electron chi connectivity index (χ3n) is 8.82. The number of benzene rings is 2. The minimum atomic E-state index is -0.322. The van der Waals surface area contributed by atoms with E-state index in [1.54, 1.807) is 7.11 Å². The lowest BCUT2D eigenvalue weighted by Crippen LogP contribution is -2.46. The number of nitrogens with one attached hydrogen (secondary N) is 1. The van der Waals surface area contributed by atoms with Crippen molar-refractivity contribution in [1.82, 2.24) is 9.80 Å². The molecule has 1 saturated heterocycles. The van der Waals surface area contributed by atoms with Crippen molar-refractivity contribution in [2.75, 3.05) is 64.5 Å². The zero-order valence-electron chi connectivity index (χ0n) is 25.9. The molecule has 0 unspecified atom stereocenters. The number of hydrogen-bond donors (Lipinski definition) is 1. The van der Waals surface area contributed by atoms with Gasteiger partial charge in [-0.25, -0.2) is 0 Å². The van der Waals surface area contributed by atoms with Gasteiger partial charge in [-0.3, -0.25) is 10.2 Å². The maximum absolute atomic E-state index is 14.1. The summed E-state index contributed by atoms with van der Waals surface area (Å²) in [7, 11) is 1.73. The summed E-state index contributed by atoms with van der Waals surface area (Å²) in [5, 5.41) is 9.13. The number of amidine groups is 1. The number of rotatable bonds is 10. The third-order valence-corrected chi connectivity index (χ3v) is 8.82. The van der Waals surface area contributed by atoms with E-state index in [0.29, 0.717) is 36.1 Å². The molecule has 0 atom stereocenters. The molecule has 3 aliphatic rings. The smallest absolute Gasteiger partial charge is 0.182 e. The van der Waals surface area contributed by atoms with E-state index < -0.39 is 0 Å². The van der Waals surface area contributed by atoms with Gasteiger partial charge in [0, 0.05) is 42.9 Å².